The fraction of sp³-hybridized carbons (Fsp3) is 0.560. The average Bonchev–Trinajstić information content (AvgIpc) is 2.74. The number of carboxylic acid groups (broad SMARTS) is 1. The van der Waals surface area contributed by atoms with Crippen LogP contribution in [0.1, 0.15) is 86.6 Å². The summed E-state index contributed by atoms with van der Waals surface area (Å²) in [6.45, 7) is 2.25. The summed E-state index contributed by atoms with van der Waals surface area (Å²) in [5, 5.41) is 9.75. The smallest absolute Gasteiger partial charge is 0.335 e. The van der Waals surface area contributed by atoms with Gasteiger partial charge < -0.3 is 5.11 Å². The van der Waals surface area contributed by atoms with Gasteiger partial charge in [-0.15, -0.1) is 0 Å². The molecule has 2 aromatic rings. The third-order valence-corrected chi connectivity index (χ3v) is 7.42. The molecule has 0 bridgehead atoms. The Morgan fingerprint density at radius 1 is 1.03 bits per heavy atom. The first-order valence-corrected chi connectivity index (χ1v) is 11.1. The standard InChI is InChI=1S/C25H30F2O2/c1-2-3-4-15-5-6-17-12-18(8-7-16(17)11-15)21-13-19-9-10-20(25(28)29)14-22(19)24(27)23(21)26/h9-10,13-18H,2-8,11-12H2,1H3,(H,28,29). The fourth-order valence-electron chi connectivity index (χ4n) is 5.80. The largest absolute Gasteiger partial charge is 0.478 e. The molecule has 156 valence electrons. The molecule has 2 aliphatic rings. The Hall–Kier alpha value is -1.97. The van der Waals surface area contributed by atoms with Crippen molar-refractivity contribution in [2.75, 3.05) is 0 Å². The maximum absolute atomic E-state index is 15.0. The van der Waals surface area contributed by atoms with Gasteiger partial charge >= 0.3 is 5.97 Å². The fourth-order valence-corrected chi connectivity index (χ4v) is 5.80. The Bertz CT molecular complexity index is 907. The number of benzene rings is 2. The Balaban J connectivity index is 1.54. The molecular weight excluding hydrogens is 370 g/mol. The van der Waals surface area contributed by atoms with Crippen molar-refractivity contribution in [2.24, 2.45) is 17.8 Å². The molecule has 4 rings (SSSR count). The van der Waals surface area contributed by atoms with E-state index in [0.29, 0.717) is 16.9 Å². The summed E-state index contributed by atoms with van der Waals surface area (Å²) in [6, 6.07) is 6.03. The van der Waals surface area contributed by atoms with Gasteiger partial charge in [-0.3, -0.25) is 0 Å². The minimum Gasteiger partial charge on any atom is -0.478 e. The summed E-state index contributed by atoms with van der Waals surface area (Å²) in [5.41, 5.74) is 0.452. The number of unbranched alkanes of at least 4 members (excludes halogenated alkanes) is 1. The highest BCUT2D eigenvalue weighted by molar-refractivity contribution is 5.94. The van der Waals surface area contributed by atoms with E-state index in [2.05, 4.69) is 6.92 Å². The van der Waals surface area contributed by atoms with Crippen LogP contribution in [-0.4, -0.2) is 11.1 Å². The number of rotatable bonds is 5. The van der Waals surface area contributed by atoms with Gasteiger partial charge in [-0.2, -0.15) is 0 Å². The summed E-state index contributed by atoms with van der Waals surface area (Å²) >= 11 is 0. The molecule has 0 heterocycles. The molecule has 2 nitrogen and oxygen atoms in total. The van der Waals surface area contributed by atoms with E-state index in [1.54, 1.807) is 12.1 Å². The van der Waals surface area contributed by atoms with Crippen LogP contribution in [0.2, 0.25) is 0 Å². The first-order chi connectivity index (χ1) is 14.0. The third-order valence-electron chi connectivity index (χ3n) is 7.42. The van der Waals surface area contributed by atoms with E-state index >= 15 is 0 Å². The molecule has 0 aromatic heterocycles. The van der Waals surface area contributed by atoms with Crippen molar-refractivity contribution in [2.45, 2.75) is 70.6 Å². The van der Waals surface area contributed by atoms with Crippen LogP contribution in [0.4, 0.5) is 8.78 Å². The van der Waals surface area contributed by atoms with Gasteiger partial charge in [-0.1, -0.05) is 38.7 Å². The molecule has 0 radical (unpaired) electrons. The molecule has 2 aromatic carbocycles. The molecule has 4 unspecified atom stereocenters. The number of carboxylic acids is 1. The molecule has 0 spiro atoms. The van der Waals surface area contributed by atoms with E-state index < -0.39 is 17.6 Å². The molecule has 2 saturated carbocycles. The van der Waals surface area contributed by atoms with Crippen molar-refractivity contribution >= 4 is 16.7 Å². The van der Waals surface area contributed by atoms with Gasteiger partial charge in [0.15, 0.2) is 11.6 Å². The van der Waals surface area contributed by atoms with Crippen molar-refractivity contribution in [1.82, 2.24) is 0 Å². The first-order valence-electron chi connectivity index (χ1n) is 11.1. The number of hydrogen-bond donors (Lipinski definition) is 1. The maximum Gasteiger partial charge on any atom is 0.335 e. The second-order valence-electron chi connectivity index (χ2n) is 9.19. The highest BCUT2D eigenvalue weighted by Gasteiger charge is 2.37. The zero-order valence-corrected chi connectivity index (χ0v) is 17.1. The SMILES string of the molecule is CCCCC1CCC2CC(c3cc4ccc(C(=O)O)cc4c(F)c3F)CCC2C1. The van der Waals surface area contributed by atoms with Gasteiger partial charge in [0.2, 0.25) is 0 Å². The molecule has 2 aliphatic carbocycles. The first kappa shape index (κ1) is 20.3. The van der Waals surface area contributed by atoms with Crippen molar-refractivity contribution in [3.05, 3.63) is 47.0 Å². The van der Waals surface area contributed by atoms with Gasteiger partial charge in [0.1, 0.15) is 0 Å². The molecule has 1 N–H and O–H groups in total. The Morgan fingerprint density at radius 3 is 2.55 bits per heavy atom. The molecule has 0 amide bonds. The van der Waals surface area contributed by atoms with Crippen LogP contribution < -0.4 is 0 Å². The van der Waals surface area contributed by atoms with E-state index in [1.807, 2.05) is 0 Å². The topological polar surface area (TPSA) is 37.3 Å². The van der Waals surface area contributed by atoms with Crippen LogP contribution in [0.3, 0.4) is 0 Å². The lowest BCUT2D eigenvalue weighted by Gasteiger charge is -2.42. The molecule has 2 fully saturated rings. The summed E-state index contributed by atoms with van der Waals surface area (Å²) in [7, 11) is 0. The van der Waals surface area contributed by atoms with Crippen LogP contribution in [0.25, 0.3) is 10.8 Å². The van der Waals surface area contributed by atoms with E-state index in [9.17, 15) is 13.6 Å². The highest BCUT2D eigenvalue weighted by Crippen LogP contribution is 2.49. The number of carbonyl (C=O) groups is 1. The van der Waals surface area contributed by atoms with E-state index in [-0.39, 0.29) is 16.9 Å². The number of aromatic carboxylic acids is 1. The van der Waals surface area contributed by atoms with Gasteiger partial charge in [0.25, 0.3) is 0 Å². The average molecular weight is 401 g/mol. The Labute approximate surface area is 171 Å². The molecule has 0 saturated heterocycles. The molecule has 4 atom stereocenters. The number of fused-ring (bicyclic) bond motifs is 2. The second-order valence-corrected chi connectivity index (χ2v) is 9.19. The summed E-state index contributed by atoms with van der Waals surface area (Å²) in [4.78, 5) is 11.2. The highest BCUT2D eigenvalue weighted by atomic mass is 19.2. The molecule has 0 aliphatic heterocycles. The van der Waals surface area contributed by atoms with Crippen LogP contribution in [0.15, 0.2) is 24.3 Å². The Morgan fingerprint density at radius 2 is 1.79 bits per heavy atom. The van der Waals surface area contributed by atoms with Crippen molar-refractivity contribution < 1.29 is 18.7 Å². The van der Waals surface area contributed by atoms with Gasteiger partial charge in [0.05, 0.1) is 5.56 Å². The summed E-state index contributed by atoms with van der Waals surface area (Å²) in [6.07, 6.45) is 10.7. The quantitative estimate of drug-likeness (QED) is 0.571. The van der Waals surface area contributed by atoms with Gasteiger partial charge in [0, 0.05) is 5.39 Å². The number of halogens is 2. The van der Waals surface area contributed by atoms with Gasteiger partial charge in [-0.25, -0.2) is 13.6 Å². The Kier molecular flexibility index (Phi) is 5.89. The lowest BCUT2D eigenvalue weighted by atomic mass is 9.63. The molecule has 29 heavy (non-hydrogen) atoms. The molecule has 4 heteroatoms. The number of hydrogen-bond acceptors (Lipinski definition) is 1. The molecular formula is C25H30F2O2. The zero-order valence-electron chi connectivity index (χ0n) is 17.1. The van der Waals surface area contributed by atoms with Crippen LogP contribution in [0, 0.1) is 29.4 Å². The van der Waals surface area contributed by atoms with E-state index in [0.717, 1.165) is 31.1 Å². The van der Waals surface area contributed by atoms with Crippen LogP contribution in [-0.2, 0) is 0 Å². The lowest BCUT2D eigenvalue weighted by Crippen LogP contribution is -2.30. The maximum atomic E-state index is 15.0. The van der Waals surface area contributed by atoms with Crippen molar-refractivity contribution in [1.29, 1.82) is 0 Å². The minimum absolute atomic E-state index is 0.0242. The van der Waals surface area contributed by atoms with Crippen molar-refractivity contribution in [3.8, 4) is 0 Å². The minimum atomic E-state index is -1.14. The predicted octanol–water partition coefficient (Wildman–Crippen LogP) is 7.31. The van der Waals surface area contributed by atoms with Gasteiger partial charge in [-0.05, 0) is 84.9 Å². The van der Waals surface area contributed by atoms with Crippen molar-refractivity contribution in [3.63, 3.8) is 0 Å². The van der Waals surface area contributed by atoms with Crippen LogP contribution in [0.5, 0.6) is 0 Å². The van der Waals surface area contributed by atoms with E-state index in [4.69, 9.17) is 5.11 Å². The van der Waals surface area contributed by atoms with E-state index in [1.165, 1.54) is 50.7 Å². The normalized spacial score (nSPS) is 27.0. The second kappa shape index (κ2) is 8.41. The van der Waals surface area contributed by atoms with Crippen LogP contribution >= 0.6 is 0 Å². The summed E-state index contributed by atoms with van der Waals surface area (Å²) in [5.74, 6) is -0.560. The lowest BCUT2D eigenvalue weighted by molar-refractivity contribution is 0.0697. The summed E-state index contributed by atoms with van der Waals surface area (Å²) < 4.78 is 29.7. The third kappa shape index (κ3) is 4.04. The predicted molar refractivity (Wildman–Crippen MR) is 111 cm³/mol. The zero-order chi connectivity index (χ0) is 20.5. The monoisotopic (exact) mass is 400 g/mol.